The summed E-state index contributed by atoms with van der Waals surface area (Å²) < 4.78 is 6.47. The number of aliphatic imine (C=N–C) groups is 1. The SMILES string of the molecule is CN(C)C(=O)CN=C(NCCc1ccco1)NCC1(c2cccc(Br)c2)CC1. The Morgan fingerprint density at radius 1 is 1.25 bits per heavy atom. The lowest BCUT2D eigenvalue weighted by Gasteiger charge is -2.20. The second-order valence-corrected chi connectivity index (χ2v) is 8.27. The minimum absolute atomic E-state index is 0.0275. The number of halogens is 1. The van der Waals surface area contributed by atoms with Gasteiger partial charge in [-0.25, -0.2) is 4.99 Å². The number of hydrogen-bond donors (Lipinski definition) is 2. The maximum absolute atomic E-state index is 11.9. The first-order chi connectivity index (χ1) is 13.5. The molecule has 1 aliphatic rings. The number of carbonyl (C=O) groups is 1. The number of nitrogens with zero attached hydrogens (tertiary/aromatic N) is 2. The van der Waals surface area contributed by atoms with Crippen molar-refractivity contribution in [2.45, 2.75) is 24.7 Å². The number of likely N-dealkylation sites (N-methyl/N-ethyl adjacent to an activating group) is 1. The normalized spacial score (nSPS) is 15.2. The molecule has 1 aromatic carbocycles. The average molecular weight is 447 g/mol. The summed E-state index contributed by atoms with van der Waals surface area (Å²) in [6, 6.07) is 12.3. The fourth-order valence-corrected chi connectivity index (χ4v) is 3.41. The van der Waals surface area contributed by atoms with Gasteiger partial charge in [-0.1, -0.05) is 28.1 Å². The molecule has 7 heteroatoms. The Morgan fingerprint density at radius 2 is 2.07 bits per heavy atom. The van der Waals surface area contributed by atoms with Crippen molar-refractivity contribution in [1.29, 1.82) is 0 Å². The van der Waals surface area contributed by atoms with Gasteiger partial charge < -0.3 is 20.0 Å². The van der Waals surface area contributed by atoms with Crippen molar-refractivity contribution >= 4 is 27.8 Å². The van der Waals surface area contributed by atoms with Crippen LogP contribution < -0.4 is 10.6 Å². The zero-order chi connectivity index (χ0) is 20.0. The molecule has 0 aliphatic heterocycles. The summed E-state index contributed by atoms with van der Waals surface area (Å²) in [5.74, 6) is 1.55. The van der Waals surface area contributed by atoms with Gasteiger partial charge in [-0.15, -0.1) is 0 Å². The van der Waals surface area contributed by atoms with Gasteiger partial charge in [-0.3, -0.25) is 4.79 Å². The molecule has 1 amide bonds. The Kier molecular flexibility index (Phi) is 6.78. The van der Waals surface area contributed by atoms with E-state index in [-0.39, 0.29) is 17.9 Å². The van der Waals surface area contributed by atoms with Crippen LogP contribution in [0.3, 0.4) is 0 Å². The lowest BCUT2D eigenvalue weighted by Crippen LogP contribution is -2.42. The third-order valence-electron chi connectivity index (χ3n) is 5.00. The summed E-state index contributed by atoms with van der Waals surface area (Å²) in [5, 5.41) is 6.75. The van der Waals surface area contributed by atoms with E-state index in [4.69, 9.17) is 4.42 Å². The fourth-order valence-electron chi connectivity index (χ4n) is 3.01. The third kappa shape index (κ3) is 5.61. The van der Waals surface area contributed by atoms with Crippen LogP contribution in [0.25, 0.3) is 0 Å². The van der Waals surface area contributed by atoms with Crippen LogP contribution in [0.5, 0.6) is 0 Å². The molecule has 2 aromatic rings. The Balaban J connectivity index is 1.61. The van der Waals surface area contributed by atoms with Crippen molar-refractivity contribution in [1.82, 2.24) is 15.5 Å². The molecule has 150 valence electrons. The van der Waals surface area contributed by atoms with Crippen molar-refractivity contribution in [2.24, 2.45) is 4.99 Å². The number of nitrogens with one attached hydrogen (secondary N) is 2. The number of rotatable bonds is 8. The lowest BCUT2D eigenvalue weighted by atomic mass is 9.96. The summed E-state index contributed by atoms with van der Waals surface area (Å²) >= 11 is 3.56. The zero-order valence-electron chi connectivity index (χ0n) is 16.4. The van der Waals surface area contributed by atoms with E-state index < -0.39 is 0 Å². The maximum Gasteiger partial charge on any atom is 0.243 e. The van der Waals surface area contributed by atoms with Gasteiger partial charge in [0.2, 0.25) is 5.91 Å². The molecule has 0 unspecified atom stereocenters. The molecule has 3 rings (SSSR count). The Morgan fingerprint density at radius 3 is 2.71 bits per heavy atom. The first-order valence-electron chi connectivity index (χ1n) is 9.49. The van der Waals surface area contributed by atoms with Gasteiger partial charge in [-0.2, -0.15) is 0 Å². The van der Waals surface area contributed by atoms with Gasteiger partial charge in [0.15, 0.2) is 5.96 Å². The standard InChI is InChI=1S/C21H27BrN4O2/c1-26(2)19(27)14-24-20(23-11-8-18-7-4-12-28-18)25-15-21(9-10-21)16-5-3-6-17(22)13-16/h3-7,12-13H,8-11,14-15H2,1-2H3,(H2,23,24,25). The van der Waals surface area contributed by atoms with Crippen molar-refractivity contribution in [3.8, 4) is 0 Å². The van der Waals surface area contributed by atoms with Gasteiger partial charge in [0.25, 0.3) is 0 Å². The molecule has 1 aromatic heterocycles. The van der Waals surface area contributed by atoms with E-state index in [2.05, 4.69) is 49.8 Å². The van der Waals surface area contributed by atoms with Gasteiger partial charge in [0.1, 0.15) is 12.3 Å². The molecule has 0 saturated heterocycles. The first kappa shape index (κ1) is 20.5. The largest absolute Gasteiger partial charge is 0.469 e. The minimum atomic E-state index is -0.0275. The highest BCUT2D eigenvalue weighted by Crippen LogP contribution is 2.48. The molecule has 1 heterocycles. The molecule has 1 fully saturated rings. The van der Waals surface area contributed by atoms with E-state index in [0.29, 0.717) is 12.5 Å². The maximum atomic E-state index is 11.9. The lowest BCUT2D eigenvalue weighted by molar-refractivity contribution is -0.127. The highest BCUT2D eigenvalue weighted by molar-refractivity contribution is 9.10. The highest BCUT2D eigenvalue weighted by Gasteiger charge is 2.44. The smallest absolute Gasteiger partial charge is 0.243 e. The topological polar surface area (TPSA) is 69.9 Å². The second-order valence-electron chi connectivity index (χ2n) is 7.35. The fraction of sp³-hybridized carbons (Fsp3) is 0.429. The average Bonchev–Trinajstić information content (AvgIpc) is 3.29. The van der Waals surface area contributed by atoms with E-state index in [0.717, 1.165) is 36.0 Å². The van der Waals surface area contributed by atoms with E-state index in [9.17, 15) is 4.79 Å². The van der Waals surface area contributed by atoms with Crippen LogP contribution in [0.2, 0.25) is 0 Å². The Labute approximate surface area is 174 Å². The minimum Gasteiger partial charge on any atom is -0.469 e. The molecule has 0 spiro atoms. The number of amides is 1. The first-order valence-corrected chi connectivity index (χ1v) is 10.3. The number of hydrogen-bond acceptors (Lipinski definition) is 3. The van der Waals surface area contributed by atoms with Crippen LogP contribution in [0, 0.1) is 0 Å². The summed E-state index contributed by atoms with van der Waals surface area (Å²) in [6.07, 6.45) is 4.72. The molecular formula is C21H27BrN4O2. The number of furan rings is 1. The molecule has 6 nitrogen and oxygen atoms in total. The molecule has 28 heavy (non-hydrogen) atoms. The molecule has 0 bridgehead atoms. The number of guanidine groups is 1. The number of benzene rings is 1. The van der Waals surface area contributed by atoms with Crippen molar-refractivity contribution in [3.63, 3.8) is 0 Å². The Hall–Kier alpha value is -2.28. The van der Waals surface area contributed by atoms with Crippen molar-refractivity contribution in [3.05, 3.63) is 58.5 Å². The molecular weight excluding hydrogens is 420 g/mol. The van der Waals surface area contributed by atoms with Crippen LogP contribution in [0.4, 0.5) is 0 Å². The van der Waals surface area contributed by atoms with Crippen LogP contribution in [0.1, 0.15) is 24.2 Å². The second kappa shape index (κ2) is 9.28. The van der Waals surface area contributed by atoms with Gasteiger partial charge in [0, 0.05) is 43.5 Å². The molecule has 2 N–H and O–H groups in total. The van der Waals surface area contributed by atoms with Crippen LogP contribution in [0.15, 0.2) is 56.5 Å². The predicted molar refractivity (Wildman–Crippen MR) is 114 cm³/mol. The van der Waals surface area contributed by atoms with E-state index in [1.54, 1.807) is 25.3 Å². The van der Waals surface area contributed by atoms with Crippen LogP contribution >= 0.6 is 15.9 Å². The summed E-state index contributed by atoms with van der Waals surface area (Å²) in [4.78, 5) is 17.9. The summed E-state index contributed by atoms with van der Waals surface area (Å²) in [7, 11) is 3.48. The molecule has 1 saturated carbocycles. The predicted octanol–water partition coefficient (Wildman–Crippen LogP) is 2.94. The van der Waals surface area contributed by atoms with E-state index in [1.165, 1.54) is 5.56 Å². The summed E-state index contributed by atoms with van der Waals surface area (Å²) in [6.45, 7) is 1.58. The van der Waals surface area contributed by atoms with E-state index in [1.807, 2.05) is 18.2 Å². The van der Waals surface area contributed by atoms with Crippen molar-refractivity contribution < 1.29 is 9.21 Å². The molecule has 1 aliphatic carbocycles. The van der Waals surface area contributed by atoms with Crippen molar-refractivity contribution in [2.75, 3.05) is 33.7 Å². The van der Waals surface area contributed by atoms with Gasteiger partial charge >= 0.3 is 0 Å². The highest BCUT2D eigenvalue weighted by atomic mass is 79.9. The molecule has 0 atom stereocenters. The molecule has 0 radical (unpaired) electrons. The quantitative estimate of drug-likeness (QED) is 0.483. The zero-order valence-corrected chi connectivity index (χ0v) is 18.0. The van der Waals surface area contributed by atoms with Crippen LogP contribution in [-0.4, -0.2) is 50.5 Å². The monoisotopic (exact) mass is 446 g/mol. The summed E-state index contributed by atoms with van der Waals surface area (Å²) in [5.41, 5.74) is 1.47. The van der Waals surface area contributed by atoms with E-state index >= 15 is 0 Å². The van der Waals surface area contributed by atoms with Crippen LogP contribution in [-0.2, 0) is 16.6 Å². The number of carbonyl (C=O) groups excluding carboxylic acids is 1. The van der Waals surface area contributed by atoms with Gasteiger partial charge in [-0.05, 0) is 42.7 Å². The Bertz CT molecular complexity index is 814. The van der Waals surface area contributed by atoms with Gasteiger partial charge in [0.05, 0.1) is 6.26 Å². The third-order valence-corrected chi connectivity index (χ3v) is 5.49.